The molecule has 0 aliphatic carbocycles. The first kappa shape index (κ1) is 13.4. The number of carboxylic acid groups (broad SMARTS) is 2. The van der Waals surface area contributed by atoms with Crippen LogP contribution in [0.25, 0.3) is 10.8 Å². The number of ether oxygens (including phenoxy) is 1. The standard InChI is InChI=1S/C13H9BrO5/c1-19-9-5-8(13(17)18)10-6(11(9)14)3-2-4-7(10)12(15)16/h2-5H,1H3,(H,15,16)(H,17,18). The van der Waals surface area contributed by atoms with Gasteiger partial charge >= 0.3 is 11.9 Å². The van der Waals surface area contributed by atoms with Crippen LogP contribution in [0.15, 0.2) is 28.7 Å². The molecule has 2 aromatic carbocycles. The van der Waals surface area contributed by atoms with Crippen molar-refractivity contribution in [1.82, 2.24) is 0 Å². The molecular weight excluding hydrogens is 316 g/mol. The van der Waals surface area contributed by atoms with Crippen molar-refractivity contribution in [3.8, 4) is 5.75 Å². The fourth-order valence-electron chi connectivity index (χ4n) is 1.92. The summed E-state index contributed by atoms with van der Waals surface area (Å²) in [6.45, 7) is 0. The van der Waals surface area contributed by atoms with Gasteiger partial charge in [-0.3, -0.25) is 0 Å². The Morgan fingerprint density at radius 1 is 1.16 bits per heavy atom. The summed E-state index contributed by atoms with van der Waals surface area (Å²) in [4.78, 5) is 22.5. The summed E-state index contributed by atoms with van der Waals surface area (Å²) >= 11 is 3.30. The highest BCUT2D eigenvalue weighted by molar-refractivity contribution is 9.10. The van der Waals surface area contributed by atoms with Crippen LogP contribution < -0.4 is 4.74 Å². The molecule has 0 amide bonds. The van der Waals surface area contributed by atoms with Crippen LogP contribution in [0.1, 0.15) is 20.7 Å². The van der Waals surface area contributed by atoms with Crippen molar-refractivity contribution < 1.29 is 24.5 Å². The summed E-state index contributed by atoms with van der Waals surface area (Å²) in [6.07, 6.45) is 0. The zero-order chi connectivity index (χ0) is 14.2. The molecule has 0 unspecified atom stereocenters. The second kappa shape index (κ2) is 4.89. The molecule has 0 heterocycles. The topological polar surface area (TPSA) is 83.8 Å². The van der Waals surface area contributed by atoms with E-state index >= 15 is 0 Å². The number of methoxy groups -OCH3 is 1. The summed E-state index contributed by atoms with van der Waals surface area (Å²) in [6, 6.07) is 5.87. The van der Waals surface area contributed by atoms with Gasteiger partial charge in [0.25, 0.3) is 0 Å². The molecule has 98 valence electrons. The average Bonchev–Trinajstić information content (AvgIpc) is 2.38. The summed E-state index contributed by atoms with van der Waals surface area (Å²) in [5.74, 6) is -2.04. The van der Waals surface area contributed by atoms with Crippen LogP contribution >= 0.6 is 15.9 Å². The molecule has 19 heavy (non-hydrogen) atoms. The van der Waals surface area contributed by atoms with Crippen molar-refractivity contribution in [3.63, 3.8) is 0 Å². The van der Waals surface area contributed by atoms with E-state index in [2.05, 4.69) is 15.9 Å². The summed E-state index contributed by atoms with van der Waals surface area (Å²) < 4.78 is 5.61. The SMILES string of the molecule is COc1cc(C(=O)O)c2c(C(=O)O)cccc2c1Br. The Bertz CT molecular complexity index is 693. The fraction of sp³-hybridized carbons (Fsp3) is 0.0769. The average molecular weight is 325 g/mol. The lowest BCUT2D eigenvalue weighted by atomic mass is 9.98. The molecule has 0 fully saturated rings. The van der Waals surface area contributed by atoms with Gasteiger partial charge in [-0.2, -0.15) is 0 Å². The largest absolute Gasteiger partial charge is 0.496 e. The van der Waals surface area contributed by atoms with Crippen molar-refractivity contribution >= 4 is 38.6 Å². The predicted octanol–water partition coefficient (Wildman–Crippen LogP) is 3.01. The second-order valence-corrected chi connectivity index (χ2v) is 4.57. The minimum atomic E-state index is -1.20. The first-order valence-electron chi connectivity index (χ1n) is 5.23. The molecule has 6 heteroatoms. The first-order valence-corrected chi connectivity index (χ1v) is 6.02. The van der Waals surface area contributed by atoms with Crippen LogP contribution in [0.2, 0.25) is 0 Å². The zero-order valence-corrected chi connectivity index (χ0v) is 11.4. The minimum Gasteiger partial charge on any atom is -0.496 e. The quantitative estimate of drug-likeness (QED) is 0.906. The van der Waals surface area contributed by atoms with Crippen molar-refractivity contribution in [2.45, 2.75) is 0 Å². The number of fused-ring (bicyclic) bond motifs is 1. The lowest BCUT2D eigenvalue weighted by molar-refractivity contribution is 0.0695. The van der Waals surface area contributed by atoms with Gasteiger partial charge in [-0.1, -0.05) is 12.1 Å². The number of hydrogen-bond acceptors (Lipinski definition) is 3. The van der Waals surface area contributed by atoms with Crippen molar-refractivity contribution in [2.75, 3.05) is 7.11 Å². The molecule has 0 atom stereocenters. The highest BCUT2D eigenvalue weighted by atomic mass is 79.9. The van der Waals surface area contributed by atoms with Gasteiger partial charge in [0.2, 0.25) is 0 Å². The van der Waals surface area contributed by atoms with Crippen LogP contribution in [0.5, 0.6) is 5.75 Å². The summed E-state index contributed by atoms with van der Waals surface area (Å²) in [5, 5.41) is 19.1. The van der Waals surface area contributed by atoms with Crippen LogP contribution in [0.3, 0.4) is 0 Å². The molecule has 2 aromatic rings. The molecular formula is C13H9BrO5. The molecule has 5 nitrogen and oxygen atoms in total. The maximum absolute atomic E-state index is 11.3. The maximum Gasteiger partial charge on any atom is 0.336 e. The van der Waals surface area contributed by atoms with Crippen LogP contribution in [0, 0.1) is 0 Å². The zero-order valence-electron chi connectivity index (χ0n) is 9.81. The highest BCUT2D eigenvalue weighted by Crippen LogP contribution is 2.37. The molecule has 0 aromatic heterocycles. The third-order valence-corrected chi connectivity index (χ3v) is 3.56. The molecule has 0 saturated heterocycles. The van der Waals surface area contributed by atoms with Crippen molar-refractivity contribution in [1.29, 1.82) is 0 Å². The Labute approximate surface area is 116 Å². The van der Waals surface area contributed by atoms with E-state index in [0.29, 0.717) is 15.6 Å². The Morgan fingerprint density at radius 3 is 2.32 bits per heavy atom. The molecule has 2 rings (SSSR count). The normalized spacial score (nSPS) is 10.4. The molecule has 0 saturated carbocycles. The maximum atomic E-state index is 11.3. The predicted molar refractivity (Wildman–Crippen MR) is 72.1 cm³/mol. The number of rotatable bonds is 3. The van der Waals surface area contributed by atoms with Gasteiger partial charge in [-0.15, -0.1) is 0 Å². The number of carboxylic acids is 2. The van der Waals surface area contributed by atoms with Crippen LogP contribution in [-0.2, 0) is 0 Å². The third-order valence-electron chi connectivity index (χ3n) is 2.74. The van der Waals surface area contributed by atoms with Gasteiger partial charge < -0.3 is 14.9 Å². The van der Waals surface area contributed by atoms with Crippen molar-refractivity contribution in [2.24, 2.45) is 0 Å². The number of halogens is 1. The van der Waals surface area contributed by atoms with E-state index in [0.717, 1.165) is 0 Å². The molecule has 2 N–H and O–H groups in total. The highest BCUT2D eigenvalue weighted by Gasteiger charge is 2.20. The van der Waals surface area contributed by atoms with Crippen molar-refractivity contribution in [3.05, 3.63) is 39.9 Å². The Hall–Kier alpha value is -2.08. The molecule has 0 spiro atoms. The molecule has 0 aliphatic rings. The monoisotopic (exact) mass is 324 g/mol. The van der Waals surface area contributed by atoms with E-state index in [1.54, 1.807) is 12.1 Å². The lowest BCUT2D eigenvalue weighted by Gasteiger charge is -2.12. The Morgan fingerprint density at radius 2 is 1.79 bits per heavy atom. The first-order chi connectivity index (χ1) is 8.97. The number of carbonyl (C=O) groups is 2. The van der Waals surface area contributed by atoms with Gasteiger partial charge in [0.1, 0.15) is 5.75 Å². The number of hydrogen-bond donors (Lipinski definition) is 2. The summed E-state index contributed by atoms with van der Waals surface area (Å²) in [5.41, 5.74) is -0.161. The molecule has 0 bridgehead atoms. The Kier molecular flexibility index (Phi) is 3.44. The van der Waals surface area contributed by atoms with Gasteiger partial charge in [-0.05, 0) is 28.1 Å². The molecule has 0 aliphatic heterocycles. The number of aromatic carboxylic acids is 2. The fourth-order valence-corrected chi connectivity index (χ4v) is 2.53. The Balaban J connectivity index is 3.01. The second-order valence-electron chi connectivity index (χ2n) is 3.78. The lowest BCUT2D eigenvalue weighted by Crippen LogP contribution is -2.05. The van der Waals surface area contributed by atoms with Gasteiger partial charge in [0.05, 0.1) is 22.7 Å². The van der Waals surface area contributed by atoms with Gasteiger partial charge in [0, 0.05) is 10.8 Å². The van der Waals surface area contributed by atoms with Gasteiger partial charge in [0.15, 0.2) is 0 Å². The third kappa shape index (κ3) is 2.15. The van der Waals surface area contributed by atoms with Gasteiger partial charge in [-0.25, -0.2) is 9.59 Å². The van der Waals surface area contributed by atoms with Crippen LogP contribution in [-0.4, -0.2) is 29.3 Å². The van der Waals surface area contributed by atoms with E-state index in [-0.39, 0.29) is 16.5 Å². The van der Waals surface area contributed by atoms with E-state index in [4.69, 9.17) is 9.84 Å². The molecule has 0 radical (unpaired) electrons. The van der Waals surface area contributed by atoms with E-state index in [1.807, 2.05) is 0 Å². The number of benzene rings is 2. The van der Waals surface area contributed by atoms with E-state index in [9.17, 15) is 14.7 Å². The van der Waals surface area contributed by atoms with Crippen LogP contribution in [0.4, 0.5) is 0 Å². The smallest absolute Gasteiger partial charge is 0.336 e. The van der Waals surface area contributed by atoms with E-state index in [1.165, 1.54) is 19.2 Å². The summed E-state index contributed by atoms with van der Waals surface area (Å²) in [7, 11) is 1.42. The minimum absolute atomic E-state index is 0.0572. The van der Waals surface area contributed by atoms with E-state index < -0.39 is 11.9 Å².